The maximum absolute atomic E-state index is 12.5. The van der Waals surface area contributed by atoms with E-state index in [4.69, 9.17) is 0 Å². The number of rotatable bonds is 5. The van der Waals surface area contributed by atoms with Crippen LogP contribution in [0.15, 0.2) is 81.3 Å². The summed E-state index contributed by atoms with van der Waals surface area (Å²) in [4.78, 5) is 22.7. The summed E-state index contributed by atoms with van der Waals surface area (Å²) in [5, 5.41) is 3.35. The molecule has 0 radical (unpaired) electrons. The predicted molar refractivity (Wildman–Crippen MR) is 104 cm³/mol. The van der Waals surface area contributed by atoms with Gasteiger partial charge in [0.25, 0.3) is 5.91 Å². The second-order valence-electron chi connectivity index (χ2n) is 5.04. The van der Waals surface area contributed by atoms with Crippen LogP contribution in [0.2, 0.25) is 0 Å². The molecule has 124 valence electrons. The Morgan fingerprint density at radius 1 is 1.16 bits per heavy atom. The van der Waals surface area contributed by atoms with Crippen LogP contribution in [0.4, 0.5) is 0 Å². The van der Waals surface area contributed by atoms with Gasteiger partial charge < -0.3 is 5.32 Å². The number of nitrogens with zero attached hydrogens (tertiary/aromatic N) is 2. The van der Waals surface area contributed by atoms with Crippen LogP contribution >= 0.6 is 27.7 Å². The molecule has 1 heterocycles. The van der Waals surface area contributed by atoms with Crippen molar-refractivity contribution in [2.45, 2.75) is 9.92 Å². The van der Waals surface area contributed by atoms with Gasteiger partial charge in [0.15, 0.2) is 5.69 Å². The lowest BCUT2D eigenvalue weighted by molar-refractivity contribution is 0.0949. The Labute approximate surface area is 158 Å². The second kappa shape index (κ2) is 8.12. The van der Waals surface area contributed by atoms with E-state index in [1.165, 1.54) is 11.8 Å². The third-order valence-electron chi connectivity index (χ3n) is 3.29. The number of hydrogen-bond donors (Lipinski definition) is 1. The monoisotopic (exact) mass is 411 g/mol. The summed E-state index contributed by atoms with van der Waals surface area (Å²) < 4.78 is 0.996. The number of fused-ring (bicyclic) bond motifs is 1. The Hall–Kier alpha value is -2.40. The van der Waals surface area contributed by atoms with Gasteiger partial charge in [-0.15, -0.1) is 5.73 Å². The molecule has 0 bridgehead atoms. The molecule has 1 N–H and O–H groups in total. The van der Waals surface area contributed by atoms with Crippen molar-refractivity contribution in [3.8, 4) is 0 Å². The fourth-order valence-corrected chi connectivity index (χ4v) is 3.26. The Balaban J connectivity index is 2.00. The van der Waals surface area contributed by atoms with Gasteiger partial charge in [0.2, 0.25) is 0 Å². The molecule has 3 rings (SSSR count). The molecular weight excluding hydrogens is 398 g/mol. The number of amides is 1. The van der Waals surface area contributed by atoms with Crippen LogP contribution in [0.25, 0.3) is 11.0 Å². The molecule has 25 heavy (non-hydrogen) atoms. The van der Waals surface area contributed by atoms with Gasteiger partial charge in [-0.3, -0.25) is 4.79 Å². The van der Waals surface area contributed by atoms with Gasteiger partial charge >= 0.3 is 0 Å². The number of carbonyl (C=O) groups excluding carboxylic acids is 1. The van der Waals surface area contributed by atoms with Crippen LogP contribution in [-0.4, -0.2) is 22.4 Å². The van der Waals surface area contributed by atoms with Crippen LogP contribution in [0.5, 0.6) is 0 Å². The third-order valence-corrected chi connectivity index (χ3v) is 4.81. The average molecular weight is 412 g/mol. The maximum Gasteiger partial charge on any atom is 0.273 e. The van der Waals surface area contributed by atoms with Crippen LogP contribution in [-0.2, 0) is 0 Å². The molecule has 1 amide bonds. The number of para-hydroxylation sites is 2. The largest absolute Gasteiger partial charge is 0.347 e. The quantitative estimate of drug-likeness (QED) is 0.622. The van der Waals surface area contributed by atoms with E-state index in [0.717, 1.165) is 14.9 Å². The highest BCUT2D eigenvalue weighted by molar-refractivity contribution is 9.10. The molecule has 0 aliphatic heterocycles. The highest BCUT2D eigenvalue weighted by Crippen LogP contribution is 2.30. The van der Waals surface area contributed by atoms with Crippen molar-refractivity contribution >= 4 is 44.6 Å². The molecule has 1 aromatic heterocycles. The normalized spacial score (nSPS) is 10.3. The zero-order valence-electron chi connectivity index (χ0n) is 13.2. The van der Waals surface area contributed by atoms with Gasteiger partial charge in [-0.25, -0.2) is 9.97 Å². The molecule has 0 saturated heterocycles. The number of halogens is 1. The number of hydrogen-bond acceptors (Lipinski definition) is 4. The molecule has 0 atom stereocenters. The van der Waals surface area contributed by atoms with E-state index in [-0.39, 0.29) is 5.91 Å². The first-order chi connectivity index (χ1) is 12.2. The first-order valence-corrected chi connectivity index (χ1v) is 9.11. The number of nitrogens with one attached hydrogen (secondary N) is 1. The summed E-state index contributed by atoms with van der Waals surface area (Å²) >= 11 is 4.83. The Morgan fingerprint density at radius 2 is 1.84 bits per heavy atom. The minimum atomic E-state index is -0.274. The minimum Gasteiger partial charge on any atom is -0.347 e. The average Bonchev–Trinajstić information content (AvgIpc) is 2.63. The zero-order chi connectivity index (χ0) is 17.6. The van der Waals surface area contributed by atoms with Crippen LogP contribution in [0.1, 0.15) is 10.5 Å². The summed E-state index contributed by atoms with van der Waals surface area (Å²) in [6.45, 7) is 3.83. The van der Waals surface area contributed by atoms with E-state index in [1.807, 2.05) is 48.5 Å². The van der Waals surface area contributed by atoms with Crippen LogP contribution in [0.3, 0.4) is 0 Å². The molecule has 4 nitrogen and oxygen atoms in total. The van der Waals surface area contributed by atoms with E-state index in [0.29, 0.717) is 22.8 Å². The van der Waals surface area contributed by atoms with Gasteiger partial charge in [-0.2, -0.15) is 0 Å². The summed E-state index contributed by atoms with van der Waals surface area (Å²) in [6.07, 6.45) is 1.65. The predicted octanol–water partition coefficient (Wildman–Crippen LogP) is 4.61. The fraction of sp³-hybridized carbons (Fsp3) is 0.0526. The minimum absolute atomic E-state index is 0.274. The molecule has 0 aliphatic carbocycles. The van der Waals surface area contributed by atoms with Gasteiger partial charge in [0, 0.05) is 15.9 Å². The summed E-state index contributed by atoms with van der Waals surface area (Å²) in [6, 6.07) is 15.3. The molecular formula is C19H14BrN3OS. The summed E-state index contributed by atoms with van der Waals surface area (Å²) in [7, 11) is 0. The zero-order valence-corrected chi connectivity index (χ0v) is 15.6. The van der Waals surface area contributed by atoms with Gasteiger partial charge in [0.1, 0.15) is 5.03 Å². The maximum atomic E-state index is 12.5. The molecule has 0 fully saturated rings. The molecule has 2 aromatic carbocycles. The van der Waals surface area contributed by atoms with Gasteiger partial charge in [0.05, 0.1) is 11.0 Å². The standard InChI is InChI=1S/C19H14BrN3OS/c1-2-3-12-21-18(24)17-19(25-14-10-8-13(20)9-11-14)23-16-7-5-4-6-15(16)22-17/h3-11H,1,12H2,(H,21,24). The molecule has 0 saturated carbocycles. The number of benzene rings is 2. The van der Waals surface area contributed by atoms with Crippen molar-refractivity contribution in [2.75, 3.05) is 6.54 Å². The molecule has 6 heteroatoms. The van der Waals surface area contributed by atoms with Crippen LogP contribution < -0.4 is 5.32 Å². The Bertz CT molecular complexity index is 966. The van der Waals surface area contributed by atoms with Crippen LogP contribution in [0, 0.1) is 0 Å². The fourth-order valence-electron chi connectivity index (χ4n) is 2.12. The smallest absolute Gasteiger partial charge is 0.273 e. The van der Waals surface area contributed by atoms with Crippen molar-refractivity contribution in [3.63, 3.8) is 0 Å². The van der Waals surface area contributed by atoms with Crippen molar-refractivity contribution in [1.29, 1.82) is 0 Å². The lowest BCUT2D eigenvalue weighted by Crippen LogP contribution is -2.25. The summed E-state index contributed by atoms with van der Waals surface area (Å²) in [5.74, 6) is -0.274. The molecule has 3 aromatic rings. The number of carbonyl (C=O) groups is 1. The lowest BCUT2D eigenvalue weighted by Gasteiger charge is -2.09. The Kier molecular flexibility index (Phi) is 5.66. The molecule has 0 aliphatic rings. The van der Waals surface area contributed by atoms with Crippen molar-refractivity contribution < 1.29 is 4.79 Å². The van der Waals surface area contributed by atoms with Crippen molar-refractivity contribution in [2.24, 2.45) is 0 Å². The van der Waals surface area contributed by atoms with Gasteiger partial charge in [-0.1, -0.05) is 46.4 Å². The van der Waals surface area contributed by atoms with E-state index >= 15 is 0 Å². The van der Waals surface area contributed by atoms with E-state index in [9.17, 15) is 4.79 Å². The molecule has 0 unspecified atom stereocenters. The van der Waals surface area contributed by atoms with E-state index < -0.39 is 0 Å². The Morgan fingerprint density at radius 3 is 2.52 bits per heavy atom. The van der Waals surface area contributed by atoms with Gasteiger partial charge in [-0.05, 0) is 42.5 Å². The van der Waals surface area contributed by atoms with E-state index in [2.05, 4.69) is 43.5 Å². The highest BCUT2D eigenvalue weighted by atomic mass is 79.9. The third kappa shape index (κ3) is 4.37. The van der Waals surface area contributed by atoms with E-state index in [1.54, 1.807) is 6.08 Å². The SMILES string of the molecule is C=C=CCNC(=O)c1nc2ccccc2nc1Sc1ccc(Br)cc1. The lowest BCUT2D eigenvalue weighted by atomic mass is 10.3. The van der Waals surface area contributed by atoms with Crippen molar-refractivity contribution in [3.05, 3.63) is 77.1 Å². The summed E-state index contributed by atoms with van der Waals surface area (Å²) in [5.41, 5.74) is 4.38. The first kappa shape index (κ1) is 17.4. The highest BCUT2D eigenvalue weighted by Gasteiger charge is 2.17. The molecule has 0 spiro atoms. The second-order valence-corrected chi connectivity index (χ2v) is 7.02. The van der Waals surface area contributed by atoms with Crippen molar-refractivity contribution in [1.82, 2.24) is 15.3 Å². The number of aromatic nitrogens is 2. The first-order valence-electron chi connectivity index (χ1n) is 7.50. The topological polar surface area (TPSA) is 54.9 Å².